The molecule has 0 saturated heterocycles. The first-order valence-corrected chi connectivity index (χ1v) is 11.3. The van der Waals surface area contributed by atoms with E-state index in [2.05, 4.69) is 65.0 Å². The number of para-hydroxylation sites is 1. The largest absolute Gasteiger partial charge is 0.493 e. The molecule has 1 aliphatic carbocycles. The lowest BCUT2D eigenvalue weighted by atomic mass is 9.84. The zero-order valence-electron chi connectivity index (χ0n) is 20.5. The van der Waals surface area contributed by atoms with Crippen LogP contribution in [0, 0.1) is 26.2 Å². The smallest absolute Gasteiger partial charge is 0.342 e. The van der Waals surface area contributed by atoms with E-state index in [1.54, 1.807) is 25.3 Å². The van der Waals surface area contributed by atoms with Crippen LogP contribution in [-0.2, 0) is 11.2 Å². The third-order valence-electron chi connectivity index (χ3n) is 6.61. The standard InChI is InChI=1S/C29H32O4/c1-17-14-18(2)24(19(3)15-17)21-11-8-10-20-16-29(4,5)27(25(20)21)33-28(30)22-12-9-13-23(31-6)26(22)32-7/h8-15,27H,16H2,1-7H3/t27-/m0/s1. The molecule has 0 heterocycles. The van der Waals surface area contributed by atoms with Crippen molar-refractivity contribution >= 4 is 5.97 Å². The zero-order chi connectivity index (χ0) is 23.9. The van der Waals surface area contributed by atoms with E-state index < -0.39 is 5.97 Å². The molecule has 0 bridgehead atoms. The number of aryl methyl sites for hydroxylation is 3. The Morgan fingerprint density at radius 2 is 1.61 bits per heavy atom. The molecule has 0 aromatic heterocycles. The molecular formula is C29H32O4. The van der Waals surface area contributed by atoms with Gasteiger partial charge in [0.1, 0.15) is 11.7 Å². The summed E-state index contributed by atoms with van der Waals surface area (Å²) in [6.45, 7) is 10.7. The van der Waals surface area contributed by atoms with Gasteiger partial charge in [0.15, 0.2) is 11.5 Å². The van der Waals surface area contributed by atoms with Crippen molar-refractivity contribution in [3.63, 3.8) is 0 Å². The molecule has 0 amide bonds. The van der Waals surface area contributed by atoms with Crippen molar-refractivity contribution in [3.05, 3.63) is 81.9 Å². The first-order chi connectivity index (χ1) is 15.7. The number of ether oxygens (including phenoxy) is 3. The van der Waals surface area contributed by atoms with Crippen molar-refractivity contribution in [1.82, 2.24) is 0 Å². The third-order valence-corrected chi connectivity index (χ3v) is 6.61. The van der Waals surface area contributed by atoms with E-state index in [-0.39, 0.29) is 11.5 Å². The minimum absolute atomic E-state index is 0.243. The molecule has 0 saturated carbocycles. The van der Waals surface area contributed by atoms with Gasteiger partial charge < -0.3 is 14.2 Å². The lowest BCUT2D eigenvalue weighted by molar-refractivity contribution is -0.00194. The van der Waals surface area contributed by atoms with Gasteiger partial charge in [0.2, 0.25) is 0 Å². The van der Waals surface area contributed by atoms with Gasteiger partial charge in [0, 0.05) is 11.0 Å². The molecule has 4 rings (SSSR count). The Bertz CT molecular complexity index is 1200. The van der Waals surface area contributed by atoms with Crippen LogP contribution in [0.1, 0.15) is 58.1 Å². The number of fused-ring (bicyclic) bond motifs is 1. The Morgan fingerprint density at radius 3 is 2.24 bits per heavy atom. The predicted molar refractivity (Wildman–Crippen MR) is 131 cm³/mol. The Kier molecular flexibility index (Phi) is 5.96. The van der Waals surface area contributed by atoms with Gasteiger partial charge in [0.25, 0.3) is 0 Å². The first-order valence-electron chi connectivity index (χ1n) is 11.3. The lowest BCUT2D eigenvalue weighted by Crippen LogP contribution is -2.24. The molecule has 4 nitrogen and oxygen atoms in total. The van der Waals surface area contributed by atoms with Crippen molar-refractivity contribution < 1.29 is 19.0 Å². The molecule has 0 radical (unpaired) electrons. The monoisotopic (exact) mass is 444 g/mol. The van der Waals surface area contributed by atoms with E-state index in [0.717, 1.165) is 17.5 Å². The summed E-state index contributed by atoms with van der Waals surface area (Å²) in [6, 6.07) is 16.1. The van der Waals surface area contributed by atoms with Crippen LogP contribution in [0.3, 0.4) is 0 Å². The van der Waals surface area contributed by atoms with E-state index in [4.69, 9.17) is 14.2 Å². The van der Waals surface area contributed by atoms with Gasteiger partial charge in [-0.05, 0) is 67.1 Å². The average Bonchev–Trinajstić information content (AvgIpc) is 3.02. The summed E-state index contributed by atoms with van der Waals surface area (Å²) in [7, 11) is 3.09. The Morgan fingerprint density at radius 1 is 0.939 bits per heavy atom. The Labute approximate surface area is 196 Å². The van der Waals surface area contributed by atoms with Crippen molar-refractivity contribution in [2.24, 2.45) is 5.41 Å². The number of benzene rings is 3. The third kappa shape index (κ3) is 3.99. The number of esters is 1. The SMILES string of the molecule is COc1cccc(C(=O)O[C@H]2c3c(cccc3-c3c(C)cc(C)cc3C)CC2(C)C)c1OC. The molecule has 0 N–H and O–H groups in total. The van der Waals surface area contributed by atoms with Gasteiger partial charge in [-0.25, -0.2) is 4.79 Å². The van der Waals surface area contributed by atoms with E-state index in [0.29, 0.717) is 17.1 Å². The highest BCUT2D eigenvalue weighted by Crippen LogP contribution is 2.52. The Hall–Kier alpha value is -3.27. The first kappa shape index (κ1) is 22.9. The molecule has 3 aromatic rings. The highest BCUT2D eigenvalue weighted by Gasteiger charge is 2.44. The summed E-state index contributed by atoms with van der Waals surface area (Å²) in [5, 5.41) is 0. The van der Waals surface area contributed by atoms with E-state index in [1.807, 2.05) is 0 Å². The fourth-order valence-corrected chi connectivity index (χ4v) is 5.31. The summed E-state index contributed by atoms with van der Waals surface area (Å²) in [6.07, 6.45) is 0.458. The average molecular weight is 445 g/mol. The Balaban J connectivity index is 1.82. The van der Waals surface area contributed by atoms with Crippen LogP contribution < -0.4 is 9.47 Å². The topological polar surface area (TPSA) is 44.8 Å². The van der Waals surface area contributed by atoms with Gasteiger partial charge in [-0.2, -0.15) is 0 Å². The van der Waals surface area contributed by atoms with Crippen LogP contribution in [-0.4, -0.2) is 20.2 Å². The summed E-state index contributed by atoms with van der Waals surface area (Å²) in [5.74, 6) is 0.480. The second-order valence-corrected chi connectivity index (χ2v) is 9.64. The second-order valence-electron chi connectivity index (χ2n) is 9.64. The van der Waals surface area contributed by atoms with Crippen LogP contribution in [0.2, 0.25) is 0 Å². The number of methoxy groups -OCH3 is 2. The molecular weight excluding hydrogens is 412 g/mol. The number of carbonyl (C=O) groups excluding carboxylic acids is 1. The second kappa shape index (κ2) is 8.58. The van der Waals surface area contributed by atoms with Crippen molar-refractivity contribution in [1.29, 1.82) is 0 Å². The van der Waals surface area contributed by atoms with Gasteiger partial charge in [-0.3, -0.25) is 0 Å². The molecule has 172 valence electrons. The number of rotatable bonds is 5. The number of hydrogen-bond donors (Lipinski definition) is 0. The van der Waals surface area contributed by atoms with Crippen LogP contribution in [0.25, 0.3) is 11.1 Å². The van der Waals surface area contributed by atoms with Crippen molar-refractivity contribution in [2.75, 3.05) is 14.2 Å². The summed E-state index contributed by atoms with van der Waals surface area (Å²) in [4.78, 5) is 13.4. The maximum absolute atomic E-state index is 13.4. The number of hydrogen-bond acceptors (Lipinski definition) is 4. The van der Waals surface area contributed by atoms with Gasteiger partial charge in [0.05, 0.1) is 14.2 Å². The van der Waals surface area contributed by atoms with Gasteiger partial charge >= 0.3 is 5.97 Å². The molecule has 1 aliphatic rings. The van der Waals surface area contributed by atoms with Crippen LogP contribution in [0.4, 0.5) is 0 Å². The molecule has 3 aromatic carbocycles. The van der Waals surface area contributed by atoms with Crippen LogP contribution in [0.5, 0.6) is 11.5 Å². The van der Waals surface area contributed by atoms with Crippen LogP contribution >= 0.6 is 0 Å². The van der Waals surface area contributed by atoms with Crippen molar-refractivity contribution in [2.45, 2.75) is 47.1 Å². The van der Waals surface area contributed by atoms with Gasteiger partial charge in [-0.1, -0.05) is 55.8 Å². The lowest BCUT2D eigenvalue weighted by Gasteiger charge is -2.29. The molecule has 4 heteroatoms. The molecule has 0 aliphatic heterocycles. The minimum Gasteiger partial charge on any atom is -0.493 e. The normalized spacial score (nSPS) is 16.3. The van der Waals surface area contributed by atoms with Crippen LogP contribution in [0.15, 0.2) is 48.5 Å². The maximum Gasteiger partial charge on any atom is 0.342 e. The highest BCUT2D eigenvalue weighted by molar-refractivity contribution is 5.94. The minimum atomic E-state index is -0.413. The number of carbonyl (C=O) groups is 1. The van der Waals surface area contributed by atoms with E-state index in [9.17, 15) is 4.79 Å². The summed E-state index contributed by atoms with van der Waals surface area (Å²) < 4.78 is 17.1. The molecule has 0 unspecified atom stereocenters. The van der Waals surface area contributed by atoms with Gasteiger partial charge in [-0.15, -0.1) is 0 Å². The molecule has 33 heavy (non-hydrogen) atoms. The molecule has 1 atom stereocenters. The van der Waals surface area contributed by atoms with Crippen molar-refractivity contribution in [3.8, 4) is 22.6 Å². The summed E-state index contributed by atoms with van der Waals surface area (Å²) in [5.41, 5.74) is 8.51. The van der Waals surface area contributed by atoms with E-state index in [1.165, 1.54) is 34.9 Å². The zero-order valence-corrected chi connectivity index (χ0v) is 20.5. The maximum atomic E-state index is 13.4. The molecule has 0 fully saturated rings. The quantitative estimate of drug-likeness (QED) is 0.407. The fraction of sp³-hybridized carbons (Fsp3) is 0.345. The fourth-order valence-electron chi connectivity index (χ4n) is 5.31. The molecule has 0 spiro atoms. The summed E-state index contributed by atoms with van der Waals surface area (Å²) >= 11 is 0. The highest BCUT2D eigenvalue weighted by atomic mass is 16.5. The predicted octanol–water partition coefficient (Wildman–Crippen LogP) is 6.78. The van der Waals surface area contributed by atoms with E-state index >= 15 is 0 Å².